The number of hydrogen-bond acceptors (Lipinski definition) is 3. The lowest BCUT2D eigenvalue weighted by molar-refractivity contribution is 0.563. The molecule has 0 aliphatic heterocycles. The summed E-state index contributed by atoms with van der Waals surface area (Å²) in [6, 6.07) is 7.57. The molecule has 0 fully saturated rings. The van der Waals surface area contributed by atoms with Gasteiger partial charge in [0, 0.05) is 30.4 Å². The summed E-state index contributed by atoms with van der Waals surface area (Å²) in [5, 5.41) is 0.569. The maximum absolute atomic E-state index is 6.14. The second kappa shape index (κ2) is 5.42. The molecule has 0 aliphatic carbocycles. The molecule has 0 radical (unpaired) electrons. The molecule has 1 heterocycles. The minimum Gasteiger partial charge on any atom is -0.472 e. The van der Waals surface area contributed by atoms with Gasteiger partial charge in [-0.25, -0.2) is 0 Å². The minimum absolute atomic E-state index is 0.309. The highest BCUT2D eigenvalue weighted by molar-refractivity contribution is 7.80. The van der Waals surface area contributed by atoms with E-state index in [4.69, 9.17) is 34.0 Å². The Kier molecular flexibility index (Phi) is 3.89. The standard InChI is InChI=1S/C13H13ClN2OS/c1-16(7-9-4-5-17-8-9)10-2-3-11(13(15)18)12(14)6-10/h2-6,8H,7H2,1H3,(H2,15,18). The van der Waals surface area contributed by atoms with Crippen molar-refractivity contribution >= 4 is 34.5 Å². The van der Waals surface area contributed by atoms with E-state index in [1.165, 1.54) is 0 Å². The zero-order valence-corrected chi connectivity index (χ0v) is 11.5. The van der Waals surface area contributed by atoms with Crippen LogP contribution in [0.15, 0.2) is 41.2 Å². The van der Waals surface area contributed by atoms with Crippen LogP contribution in [0.3, 0.4) is 0 Å². The second-order valence-electron chi connectivity index (χ2n) is 4.02. The predicted octanol–water partition coefficient (Wildman–Crippen LogP) is 3.20. The fraction of sp³-hybridized carbons (Fsp3) is 0.154. The Bertz CT molecular complexity index is 554. The first kappa shape index (κ1) is 12.9. The molecule has 0 saturated heterocycles. The highest BCUT2D eigenvalue weighted by Crippen LogP contribution is 2.24. The third-order valence-electron chi connectivity index (χ3n) is 2.66. The van der Waals surface area contributed by atoms with Gasteiger partial charge in [0.1, 0.15) is 4.99 Å². The summed E-state index contributed by atoms with van der Waals surface area (Å²) in [5.74, 6) is 0. The zero-order chi connectivity index (χ0) is 13.1. The molecule has 0 atom stereocenters. The Morgan fingerprint density at radius 1 is 1.44 bits per heavy atom. The molecule has 0 saturated carbocycles. The Hall–Kier alpha value is -1.52. The van der Waals surface area contributed by atoms with E-state index in [-0.39, 0.29) is 0 Å². The number of hydrogen-bond donors (Lipinski definition) is 1. The van der Waals surface area contributed by atoms with Gasteiger partial charge in [0.05, 0.1) is 17.5 Å². The first-order valence-electron chi connectivity index (χ1n) is 5.39. The molecule has 0 amide bonds. The normalized spacial score (nSPS) is 10.3. The van der Waals surface area contributed by atoms with Crippen LogP contribution in [0.1, 0.15) is 11.1 Å². The van der Waals surface area contributed by atoms with Gasteiger partial charge in [-0.2, -0.15) is 0 Å². The summed E-state index contributed by atoms with van der Waals surface area (Å²) >= 11 is 11.1. The van der Waals surface area contributed by atoms with Crippen molar-refractivity contribution in [3.8, 4) is 0 Å². The summed E-state index contributed by atoms with van der Waals surface area (Å²) in [6.45, 7) is 0.749. The molecule has 3 nitrogen and oxygen atoms in total. The van der Waals surface area contributed by atoms with E-state index >= 15 is 0 Å². The number of halogens is 1. The quantitative estimate of drug-likeness (QED) is 0.874. The molecule has 2 N–H and O–H groups in total. The monoisotopic (exact) mass is 280 g/mol. The van der Waals surface area contributed by atoms with E-state index in [9.17, 15) is 0 Å². The molecule has 94 valence electrons. The summed E-state index contributed by atoms with van der Waals surface area (Å²) in [5.41, 5.74) is 8.38. The molecular weight excluding hydrogens is 268 g/mol. The third kappa shape index (κ3) is 2.83. The molecular formula is C13H13ClN2OS. The fourth-order valence-corrected chi connectivity index (χ4v) is 2.20. The molecule has 18 heavy (non-hydrogen) atoms. The first-order chi connectivity index (χ1) is 8.58. The third-order valence-corrected chi connectivity index (χ3v) is 3.19. The average molecular weight is 281 g/mol. The maximum Gasteiger partial charge on any atom is 0.105 e. The highest BCUT2D eigenvalue weighted by Gasteiger charge is 2.08. The van der Waals surface area contributed by atoms with Gasteiger partial charge < -0.3 is 15.1 Å². The maximum atomic E-state index is 6.14. The largest absolute Gasteiger partial charge is 0.472 e. The molecule has 2 rings (SSSR count). The fourth-order valence-electron chi connectivity index (χ4n) is 1.69. The van der Waals surface area contributed by atoms with Gasteiger partial charge in [0.15, 0.2) is 0 Å². The van der Waals surface area contributed by atoms with E-state index in [2.05, 4.69) is 4.90 Å². The van der Waals surface area contributed by atoms with Crippen molar-refractivity contribution in [3.05, 3.63) is 52.9 Å². The molecule has 0 aliphatic rings. The number of thiocarbonyl (C=S) groups is 1. The van der Waals surface area contributed by atoms with Crippen LogP contribution in [0.4, 0.5) is 5.69 Å². The van der Waals surface area contributed by atoms with Gasteiger partial charge >= 0.3 is 0 Å². The van der Waals surface area contributed by atoms with Gasteiger partial charge in [-0.1, -0.05) is 23.8 Å². The van der Waals surface area contributed by atoms with E-state index < -0.39 is 0 Å². The Morgan fingerprint density at radius 3 is 2.78 bits per heavy atom. The van der Waals surface area contributed by atoms with Crippen molar-refractivity contribution in [1.29, 1.82) is 0 Å². The van der Waals surface area contributed by atoms with Crippen LogP contribution >= 0.6 is 23.8 Å². The SMILES string of the molecule is CN(Cc1ccoc1)c1ccc(C(N)=S)c(Cl)c1. The minimum atomic E-state index is 0.309. The topological polar surface area (TPSA) is 42.4 Å². The van der Waals surface area contributed by atoms with Crippen LogP contribution in [0.5, 0.6) is 0 Å². The smallest absolute Gasteiger partial charge is 0.105 e. The Labute approximate surface area is 116 Å². The number of nitrogens with two attached hydrogens (primary N) is 1. The molecule has 0 bridgehead atoms. The van der Waals surface area contributed by atoms with Gasteiger partial charge in [-0.15, -0.1) is 0 Å². The van der Waals surface area contributed by atoms with Gasteiger partial charge in [0.25, 0.3) is 0 Å². The lowest BCUT2D eigenvalue weighted by Crippen LogP contribution is -2.16. The number of nitrogens with zero attached hydrogens (tertiary/aromatic N) is 1. The van der Waals surface area contributed by atoms with Gasteiger partial charge in [0.2, 0.25) is 0 Å². The highest BCUT2D eigenvalue weighted by atomic mass is 35.5. The Balaban J connectivity index is 2.18. The van der Waals surface area contributed by atoms with Crippen LogP contribution in [0.2, 0.25) is 5.02 Å². The van der Waals surface area contributed by atoms with Crippen molar-refractivity contribution in [3.63, 3.8) is 0 Å². The summed E-state index contributed by atoms with van der Waals surface area (Å²) < 4.78 is 5.04. The summed E-state index contributed by atoms with van der Waals surface area (Å²) in [6.07, 6.45) is 3.38. The van der Waals surface area contributed by atoms with E-state index in [0.717, 1.165) is 17.8 Å². The van der Waals surface area contributed by atoms with Gasteiger partial charge in [-0.05, 0) is 24.3 Å². The molecule has 0 spiro atoms. The molecule has 2 aromatic rings. The Morgan fingerprint density at radius 2 is 2.22 bits per heavy atom. The lowest BCUT2D eigenvalue weighted by Gasteiger charge is -2.19. The van der Waals surface area contributed by atoms with E-state index in [1.54, 1.807) is 12.5 Å². The number of anilines is 1. The average Bonchev–Trinajstić information content (AvgIpc) is 2.81. The van der Waals surface area contributed by atoms with E-state index in [1.807, 2.05) is 31.3 Å². The second-order valence-corrected chi connectivity index (χ2v) is 4.86. The van der Waals surface area contributed by atoms with Crippen LogP contribution in [-0.4, -0.2) is 12.0 Å². The molecule has 0 unspecified atom stereocenters. The summed E-state index contributed by atoms with van der Waals surface area (Å²) in [7, 11) is 1.99. The van der Waals surface area contributed by atoms with Crippen molar-refractivity contribution in [1.82, 2.24) is 0 Å². The number of furan rings is 1. The van der Waals surface area contributed by atoms with Crippen LogP contribution in [0.25, 0.3) is 0 Å². The van der Waals surface area contributed by atoms with Gasteiger partial charge in [-0.3, -0.25) is 0 Å². The van der Waals surface area contributed by atoms with Crippen molar-refractivity contribution in [2.24, 2.45) is 5.73 Å². The van der Waals surface area contributed by atoms with Crippen molar-refractivity contribution in [2.75, 3.05) is 11.9 Å². The van der Waals surface area contributed by atoms with E-state index in [0.29, 0.717) is 15.6 Å². The number of rotatable bonds is 4. The first-order valence-corrected chi connectivity index (χ1v) is 6.18. The molecule has 1 aromatic carbocycles. The van der Waals surface area contributed by atoms with Crippen LogP contribution in [-0.2, 0) is 6.54 Å². The van der Waals surface area contributed by atoms with Crippen molar-refractivity contribution < 1.29 is 4.42 Å². The number of benzene rings is 1. The zero-order valence-electron chi connectivity index (χ0n) is 9.89. The van der Waals surface area contributed by atoms with Crippen molar-refractivity contribution in [2.45, 2.75) is 6.54 Å². The molecule has 1 aromatic heterocycles. The van der Waals surface area contributed by atoms with Crippen LogP contribution < -0.4 is 10.6 Å². The van der Waals surface area contributed by atoms with Crippen LogP contribution in [0, 0.1) is 0 Å². The molecule has 5 heteroatoms. The predicted molar refractivity (Wildman–Crippen MR) is 78.2 cm³/mol. The summed E-state index contributed by atoms with van der Waals surface area (Å²) in [4.78, 5) is 2.38. The lowest BCUT2D eigenvalue weighted by atomic mass is 10.2.